The molecule has 6 nitrogen and oxygen atoms in total. The summed E-state index contributed by atoms with van der Waals surface area (Å²) in [6.07, 6.45) is 7.26. The summed E-state index contributed by atoms with van der Waals surface area (Å²) in [6, 6.07) is 9.74. The normalized spacial score (nSPS) is 21.9. The number of amides is 1. The quantitative estimate of drug-likeness (QED) is 0.566. The highest BCUT2D eigenvalue weighted by Gasteiger charge is 2.46. The van der Waals surface area contributed by atoms with Crippen LogP contribution in [0.2, 0.25) is 0 Å². The lowest BCUT2D eigenvalue weighted by molar-refractivity contribution is -0.124. The fraction of sp³-hybridized carbons (Fsp3) is 0.364. The Morgan fingerprint density at radius 2 is 1.97 bits per heavy atom. The molecule has 0 radical (unpaired) electrons. The lowest BCUT2D eigenvalue weighted by Gasteiger charge is -2.16. The van der Waals surface area contributed by atoms with Crippen LogP contribution in [0.4, 0.5) is 5.82 Å². The molecule has 29 heavy (non-hydrogen) atoms. The number of anilines is 1. The zero-order chi connectivity index (χ0) is 20.2. The van der Waals surface area contributed by atoms with Gasteiger partial charge in [0.25, 0.3) is 4.99 Å². The van der Waals surface area contributed by atoms with Gasteiger partial charge >= 0.3 is 0 Å². The first-order chi connectivity index (χ1) is 14.2. The zero-order valence-electron chi connectivity index (χ0n) is 16.0. The topological polar surface area (TPSA) is 67.5 Å². The van der Waals surface area contributed by atoms with Crippen molar-refractivity contribution in [2.45, 2.75) is 19.3 Å². The summed E-state index contributed by atoms with van der Waals surface area (Å²) in [5.74, 6) is 1.01. The van der Waals surface area contributed by atoms with E-state index in [0.29, 0.717) is 17.2 Å². The molecule has 0 aliphatic carbocycles. The van der Waals surface area contributed by atoms with Gasteiger partial charge in [0.1, 0.15) is 0 Å². The monoisotopic (exact) mass is 406 g/mol. The molecule has 3 heterocycles. The third-order valence-corrected chi connectivity index (χ3v) is 7.93. The SMILES string of the molecule is [C-]#[N+]C(C(=O)[C@H]1CN(c2cnccn2)C(=O)[C@@H]1Cc1ccccc1)=S1CCCC1. The van der Waals surface area contributed by atoms with Gasteiger partial charge in [0.15, 0.2) is 11.6 Å². The van der Waals surface area contributed by atoms with E-state index in [-0.39, 0.29) is 28.7 Å². The highest BCUT2D eigenvalue weighted by atomic mass is 32.2. The maximum atomic E-state index is 13.4. The average molecular weight is 407 g/mol. The minimum absolute atomic E-state index is 0.119. The van der Waals surface area contributed by atoms with Crippen molar-refractivity contribution in [1.29, 1.82) is 0 Å². The van der Waals surface area contributed by atoms with E-state index in [1.54, 1.807) is 23.5 Å². The van der Waals surface area contributed by atoms with Crippen molar-refractivity contribution < 1.29 is 9.59 Å². The smallest absolute Gasteiger partial charge is 0.255 e. The van der Waals surface area contributed by atoms with E-state index in [2.05, 4.69) is 14.8 Å². The predicted molar refractivity (Wildman–Crippen MR) is 115 cm³/mol. The molecule has 0 saturated carbocycles. The summed E-state index contributed by atoms with van der Waals surface area (Å²) in [5, 5.41) is 0. The Kier molecular flexibility index (Phi) is 5.81. The van der Waals surface area contributed by atoms with Crippen molar-refractivity contribution in [3.05, 3.63) is 65.9 Å². The number of rotatable bonds is 5. The van der Waals surface area contributed by atoms with Crippen LogP contribution in [-0.4, -0.2) is 44.7 Å². The Morgan fingerprint density at radius 1 is 1.21 bits per heavy atom. The maximum absolute atomic E-state index is 13.4. The van der Waals surface area contributed by atoms with Crippen molar-refractivity contribution in [3.63, 3.8) is 0 Å². The van der Waals surface area contributed by atoms with Crippen molar-refractivity contribution in [2.75, 3.05) is 23.0 Å². The summed E-state index contributed by atoms with van der Waals surface area (Å²) in [7, 11) is -0.264. The average Bonchev–Trinajstić information content (AvgIpc) is 3.39. The van der Waals surface area contributed by atoms with E-state index >= 15 is 0 Å². The molecule has 2 aliphatic heterocycles. The largest absolute Gasteiger partial charge is 0.307 e. The summed E-state index contributed by atoms with van der Waals surface area (Å²) in [5.41, 5.74) is 1.01. The molecule has 148 valence electrons. The first-order valence-corrected chi connectivity index (χ1v) is 11.3. The van der Waals surface area contributed by atoms with E-state index < -0.39 is 11.8 Å². The Morgan fingerprint density at radius 3 is 2.62 bits per heavy atom. The number of ketones is 1. The van der Waals surface area contributed by atoms with Crippen LogP contribution in [0.5, 0.6) is 0 Å². The van der Waals surface area contributed by atoms with Gasteiger partial charge in [-0.05, 0) is 36.3 Å². The molecule has 1 amide bonds. The third-order valence-electron chi connectivity index (χ3n) is 5.53. The number of carbonyl (C=O) groups is 2. The van der Waals surface area contributed by atoms with Crippen molar-refractivity contribution in [2.24, 2.45) is 11.8 Å². The van der Waals surface area contributed by atoms with Gasteiger partial charge in [-0.15, -0.1) is 0 Å². The predicted octanol–water partition coefficient (Wildman–Crippen LogP) is 2.98. The number of nitrogens with zero attached hydrogens (tertiary/aromatic N) is 4. The Balaban J connectivity index is 1.68. The van der Waals surface area contributed by atoms with E-state index in [9.17, 15) is 9.59 Å². The molecule has 0 N–H and O–H groups in total. The Labute approximate surface area is 172 Å². The van der Waals surface area contributed by atoms with Gasteiger partial charge in [-0.3, -0.25) is 14.7 Å². The molecule has 2 aromatic rings. The lowest BCUT2D eigenvalue weighted by Crippen LogP contribution is -2.30. The second-order valence-corrected chi connectivity index (χ2v) is 9.49. The molecule has 0 bridgehead atoms. The van der Waals surface area contributed by atoms with Gasteiger partial charge in [0.2, 0.25) is 5.91 Å². The summed E-state index contributed by atoms with van der Waals surface area (Å²) < 4.78 is 0. The van der Waals surface area contributed by atoms with Crippen LogP contribution in [0.1, 0.15) is 18.4 Å². The molecule has 0 spiro atoms. The second kappa shape index (κ2) is 8.66. The van der Waals surface area contributed by atoms with Crippen LogP contribution in [0.15, 0.2) is 48.9 Å². The lowest BCUT2D eigenvalue weighted by atomic mass is 9.86. The van der Waals surface area contributed by atoms with Crippen molar-refractivity contribution in [3.8, 4) is 0 Å². The highest BCUT2D eigenvalue weighted by Crippen LogP contribution is 2.35. The standard InChI is InChI=1S/C22H22N4O2S/c1-23-21(29-11-5-6-12-29)20(27)18-15-26(19-14-24-9-10-25-19)22(28)17(18)13-16-7-3-2-4-8-16/h2-4,7-10,14,17-18H,5-6,11-13,15H2/t17-,18+/m1/s1. The Hall–Kier alpha value is -2.85. The van der Waals surface area contributed by atoms with Crippen molar-refractivity contribution in [1.82, 2.24) is 9.97 Å². The number of benzene rings is 1. The molecule has 2 saturated heterocycles. The van der Waals surface area contributed by atoms with Crippen LogP contribution in [0.3, 0.4) is 0 Å². The van der Waals surface area contributed by atoms with Gasteiger partial charge < -0.3 is 4.79 Å². The minimum Gasteiger partial charge on any atom is -0.307 e. The third kappa shape index (κ3) is 3.99. The van der Waals surface area contributed by atoms with Crippen LogP contribution in [0.25, 0.3) is 4.85 Å². The first-order valence-electron chi connectivity index (χ1n) is 9.76. The van der Waals surface area contributed by atoms with Crippen molar-refractivity contribution >= 4 is 33.0 Å². The minimum atomic E-state index is -0.526. The molecule has 1 aromatic carbocycles. The summed E-state index contributed by atoms with van der Waals surface area (Å²) >= 11 is 0. The number of aromatic nitrogens is 2. The van der Waals surface area contributed by atoms with Gasteiger partial charge in [0.05, 0.1) is 18.7 Å². The van der Waals surface area contributed by atoms with E-state index in [0.717, 1.165) is 29.9 Å². The van der Waals surface area contributed by atoms with Crippen LogP contribution < -0.4 is 4.90 Å². The molecule has 2 atom stereocenters. The molecule has 2 fully saturated rings. The van der Waals surface area contributed by atoms with Crippen LogP contribution in [-0.2, 0) is 16.0 Å². The van der Waals surface area contributed by atoms with Gasteiger partial charge in [0, 0.05) is 24.9 Å². The van der Waals surface area contributed by atoms with Gasteiger partial charge in [-0.1, -0.05) is 30.3 Å². The molecule has 0 unspecified atom stereocenters. The summed E-state index contributed by atoms with van der Waals surface area (Å²) in [6.45, 7) is 7.88. The fourth-order valence-electron chi connectivity index (χ4n) is 4.05. The molecule has 2 aliphatic rings. The molecular formula is C22H22N4O2S. The highest BCUT2D eigenvalue weighted by molar-refractivity contribution is 8.17. The van der Waals surface area contributed by atoms with E-state index in [1.165, 1.54) is 0 Å². The number of Topliss-reactive ketones (excluding diaryl/α,β-unsaturated/α-hetero) is 1. The molecule has 7 heteroatoms. The second-order valence-electron chi connectivity index (χ2n) is 7.30. The number of carbonyl (C=O) groups excluding carboxylic acids is 2. The van der Waals surface area contributed by atoms with Crippen LogP contribution >= 0.6 is 10.5 Å². The van der Waals surface area contributed by atoms with E-state index in [1.807, 2.05) is 30.3 Å². The first kappa shape index (κ1) is 19.5. The molecule has 1 aromatic heterocycles. The fourth-order valence-corrected chi connectivity index (χ4v) is 6.32. The molecule has 4 rings (SSSR count). The number of hydrogen-bond acceptors (Lipinski definition) is 4. The number of hydrogen-bond donors (Lipinski definition) is 0. The van der Waals surface area contributed by atoms with E-state index in [4.69, 9.17) is 6.57 Å². The van der Waals surface area contributed by atoms with Gasteiger partial charge in [-0.25, -0.2) is 9.83 Å². The Bertz CT molecular complexity index is 977. The summed E-state index contributed by atoms with van der Waals surface area (Å²) in [4.78, 5) is 40.6. The maximum Gasteiger partial charge on any atom is 0.255 e. The van der Waals surface area contributed by atoms with Crippen LogP contribution in [0, 0.1) is 18.4 Å². The molecular weight excluding hydrogens is 384 g/mol. The zero-order valence-corrected chi connectivity index (χ0v) is 16.8. The van der Waals surface area contributed by atoms with Gasteiger partial charge in [-0.2, -0.15) is 10.5 Å².